The molecule has 1 aliphatic rings. The third-order valence-electron chi connectivity index (χ3n) is 3.86. The van der Waals surface area contributed by atoms with Crippen molar-refractivity contribution in [2.45, 2.75) is 30.5 Å². The number of hydrogen-bond acceptors (Lipinski definition) is 6. The van der Waals surface area contributed by atoms with E-state index in [1.165, 1.54) is 12.1 Å². The standard InChI is InChI=1S/C16H15FN4O2S/c1-16(9-18,10-6-7-10)19-13(22)8-24-15-21-20-14(23-15)11-4-2-3-5-12(11)17/h2-5,10H,6-8H2,1H3,(H,19,22)/t16-/m1/s1. The molecule has 2 aromatic rings. The summed E-state index contributed by atoms with van der Waals surface area (Å²) in [5.41, 5.74) is -0.614. The van der Waals surface area contributed by atoms with E-state index >= 15 is 0 Å². The van der Waals surface area contributed by atoms with Crippen LogP contribution < -0.4 is 5.32 Å². The van der Waals surface area contributed by atoms with Gasteiger partial charge in [0.25, 0.3) is 11.1 Å². The molecule has 0 saturated heterocycles. The highest BCUT2D eigenvalue weighted by atomic mass is 32.2. The zero-order valence-electron chi connectivity index (χ0n) is 13.0. The molecule has 1 aromatic heterocycles. The molecular weight excluding hydrogens is 331 g/mol. The number of hydrogen-bond donors (Lipinski definition) is 1. The van der Waals surface area contributed by atoms with Gasteiger partial charge in [0.1, 0.15) is 11.4 Å². The van der Waals surface area contributed by atoms with Gasteiger partial charge in [-0.15, -0.1) is 10.2 Å². The normalized spacial score (nSPS) is 16.2. The van der Waals surface area contributed by atoms with Crippen LogP contribution in [0.1, 0.15) is 19.8 Å². The molecule has 1 N–H and O–H groups in total. The number of carbonyl (C=O) groups excluding carboxylic acids is 1. The fourth-order valence-electron chi connectivity index (χ4n) is 2.35. The number of rotatable bonds is 6. The molecule has 24 heavy (non-hydrogen) atoms. The second kappa shape index (κ2) is 6.61. The Morgan fingerprint density at radius 2 is 2.25 bits per heavy atom. The predicted octanol–water partition coefficient (Wildman–Crippen LogP) is 2.78. The molecule has 3 rings (SSSR count). The average Bonchev–Trinajstić information content (AvgIpc) is 3.33. The van der Waals surface area contributed by atoms with E-state index < -0.39 is 11.4 Å². The Kier molecular flexibility index (Phi) is 4.53. The van der Waals surface area contributed by atoms with E-state index in [9.17, 15) is 14.4 Å². The summed E-state index contributed by atoms with van der Waals surface area (Å²) >= 11 is 1.05. The van der Waals surface area contributed by atoms with Gasteiger partial charge >= 0.3 is 0 Å². The van der Waals surface area contributed by atoms with Crippen molar-refractivity contribution in [2.24, 2.45) is 5.92 Å². The number of nitrogens with zero attached hydrogens (tertiary/aromatic N) is 3. The smallest absolute Gasteiger partial charge is 0.277 e. The number of nitrogens with one attached hydrogen (secondary N) is 1. The van der Waals surface area contributed by atoms with Crippen LogP contribution in [0.15, 0.2) is 33.9 Å². The van der Waals surface area contributed by atoms with Crippen LogP contribution in [-0.4, -0.2) is 27.4 Å². The second-order valence-corrected chi connectivity index (χ2v) is 6.70. The van der Waals surface area contributed by atoms with E-state index in [1.807, 2.05) is 0 Å². The molecule has 0 bridgehead atoms. The summed E-state index contributed by atoms with van der Waals surface area (Å²) in [6.07, 6.45) is 1.90. The first-order valence-electron chi connectivity index (χ1n) is 7.45. The lowest BCUT2D eigenvalue weighted by Gasteiger charge is -2.22. The first kappa shape index (κ1) is 16.5. The summed E-state index contributed by atoms with van der Waals surface area (Å²) in [5.74, 6) is -0.405. The Labute approximate surface area is 142 Å². The minimum absolute atomic E-state index is 0.0445. The van der Waals surface area contributed by atoms with Gasteiger partial charge < -0.3 is 9.73 Å². The number of halogens is 1. The van der Waals surface area contributed by atoms with E-state index in [-0.39, 0.29) is 34.3 Å². The van der Waals surface area contributed by atoms with E-state index in [2.05, 4.69) is 21.6 Å². The van der Waals surface area contributed by atoms with Crippen LogP contribution in [0.3, 0.4) is 0 Å². The topological polar surface area (TPSA) is 91.8 Å². The Morgan fingerprint density at radius 3 is 2.92 bits per heavy atom. The Balaban J connectivity index is 1.59. The maximum Gasteiger partial charge on any atom is 0.277 e. The number of aromatic nitrogens is 2. The van der Waals surface area contributed by atoms with Gasteiger partial charge in [-0.05, 0) is 37.8 Å². The summed E-state index contributed by atoms with van der Waals surface area (Å²) < 4.78 is 19.0. The largest absolute Gasteiger partial charge is 0.411 e. The summed E-state index contributed by atoms with van der Waals surface area (Å²) in [4.78, 5) is 12.0. The maximum atomic E-state index is 13.7. The molecule has 1 heterocycles. The van der Waals surface area contributed by atoms with Crippen LogP contribution in [0.25, 0.3) is 11.5 Å². The van der Waals surface area contributed by atoms with Crippen molar-refractivity contribution >= 4 is 17.7 Å². The third-order valence-corrected chi connectivity index (χ3v) is 4.68. The number of thioether (sulfide) groups is 1. The van der Waals surface area contributed by atoms with Crippen LogP contribution in [0.2, 0.25) is 0 Å². The Hall–Kier alpha value is -2.40. The molecule has 1 fully saturated rings. The minimum Gasteiger partial charge on any atom is -0.411 e. The first-order valence-corrected chi connectivity index (χ1v) is 8.44. The lowest BCUT2D eigenvalue weighted by Crippen LogP contribution is -2.47. The van der Waals surface area contributed by atoms with E-state index in [1.54, 1.807) is 19.1 Å². The second-order valence-electron chi connectivity index (χ2n) is 5.78. The fraction of sp³-hybridized carbons (Fsp3) is 0.375. The highest BCUT2D eigenvalue weighted by molar-refractivity contribution is 7.99. The van der Waals surface area contributed by atoms with Crippen molar-refractivity contribution in [3.05, 3.63) is 30.1 Å². The molecule has 0 unspecified atom stereocenters. The van der Waals surface area contributed by atoms with Crippen LogP contribution in [0, 0.1) is 23.1 Å². The third kappa shape index (κ3) is 3.57. The summed E-state index contributed by atoms with van der Waals surface area (Å²) in [6, 6.07) is 8.25. The zero-order chi connectivity index (χ0) is 17.2. The van der Waals surface area contributed by atoms with Crippen LogP contribution in [0.5, 0.6) is 0 Å². The van der Waals surface area contributed by atoms with Crippen LogP contribution in [0.4, 0.5) is 4.39 Å². The molecule has 0 spiro atoms. The van der Waals surface area contributed by atoms with Crippen LogP contribution >= 0.6 is 11.8 Å². The summed E-state index contributed by atoms with van der Waals surface area (Å²) in [7, 11) is 0. The maximum absolute atomic E-state index is 13.7. The monoisotopic (exact) mass is 346 g/mol. The molecule has 6 nitrogen and oxygen atoms in total. The predicted molar refractivity (Wildman–Crippen MR) is 85.3 cm³/mol. The van der Waals surface area contributed by atoms with Gasteiger partial charge in [-0.3, -0.25) is 4.79 Å². The Bertz CT molecular complexity index is 799. The number of nitriles is 1. The van der Waals surface area contributed by atoms with E-state index in [0.29, 0.717) is 0 Å². The first-order chi connectivity index (χ1) is 11.5. The molecule has 1 amide bonds. The number of benzene rings is 1. The van der Waals surface area contributed by atoms with Gasteiger partial charge in [0, 0.05) is 0 Å². The van der Waals surface area contributed by atoms with E-state index in [0.717, 1.165) is 24.6 Å². The lowest BCUT2D eigenvalue weighted by molar-refractivity contribution is -0.119. The number of carbonyl (C=O) groups is 1. The quantitative estimate of drug-likeness (QED) is 0.809. The SMILES string of the molecule is C[C@](C#N)(NC(=O)CSc1nnc(-c2ccccc2F)o1)C1CC1. The zero-order valence-corrected chi connectivity index (χ0v) is 13.8. The molecule has 1 atom stereocenters. The van der Waals surface area contributed by atoms with Gasteiger partial charge in [-0.1, -0.05) is 23.9 Å². The molecule has 8 heteroatoms. The molecule has 0 radical (unpaired) electrons. The average molecular weight is 346 g/mol. The molecule has 1 aromatic carbocycles. The number of amides is 1. The van der Waals surface area contributed by atoms with Gasteiger partial charge in [-0.2, -0.15) is 5.26 Å². The van der Waals surface area contributed by atoms with Crippen molar-refractivity contribution in [2.75, 3.05) is 5.75 Å². The summed E-state index contributed by atoms with van der Waals surface area (Å²) in [6.45, 7) is 1.73. The van der Waals surface area contributed by atoms with Gasteiger partial charge in [0.15, 0.2) is 0 Å². The van der Waals surface area contributed by atoms with Crippen molar-refractivity contribution < 1.29 is 13.6 Å². The molecule has 124 valence electrons. The van der Waals surface area contributed by atoms with Gasteiger partial charge in [0.2, 0.25) is 5.91 Å². The van der Waals surface area contributed by atoms with Crippen molar-refractivity contribution in [3.8, 4) is 17.5 Å². The van der Waals surface area contributed by atoms with Crippen LogP contribution in [-0.2, 0) is 4.79 Å². The van der Waals surface area contributed by atoms with Crippen molar-refractivity contribution in [3.63, 3.8) is 0 Å². The van der Waals surface area contributed by atoms with Crippen molar-refractivity contribution in [1.82, 2.24) is 15.5 Å². The Morgan fingerprint density at radius 1 is 1.50 bits per heavy atom. The van der Waals surface area contributed by atoms with Gasteiger partial charge in [-0.25, -0.2) is 4.39 Å². The molecule has 0 aliphatic heterocycles. The summed E-state index contributed by atoms with van der Waals surface area (Å²) in [5, 5.41) is 19.8. The highest BCUT2D eigenvalue weighted by Gasteiger charge is 2.42. The minimum atomic E-state index is -0.829. The molecule has 1 aliphatic carbocycles. The molecule has 1 saturated carbocycles. The van der Waals surface area contributed by atoms with Gasteiger partial charge in [0.05, 0.1) is 17.4 Å². The highest BCUT2D eigenvalue weighted by Crippen LogP contribution is 2.39. The fourth-order valence-corrected chi connectivity index (χ4v) is 2.91. The van der Waals surface area contributed by atoms with E-state index in [4.69, 9.17) is 4.42 Å². The van der Waals surface area contributed by atoms with Crippen molar-refractivity contribution in [1.29, 1.82) is 5.26 Å². The lowest BCUT2D eigenvalue weighted by atomic mass is 9.98. The molecular formula is C16H15FN4O2S.